The van der Waals surface area contributed by atoms with Crippen molar-refractivity contribution in [3.05, 3.63) is 48.5 Å². The van der Waals surface area contributed by atoms with E-state index in [9.17, 15) is 4.79 Å². The average molecular weight is 421 g/mol. The molecule has 3 aromatic rings. The number of para-hydroxylation sites is 2. The summed E-state index contributed by atoms with van der Waals surface area (Å²) in [5.74, 6) is 2.89. The molecule has 5 nitrogen and oxygen atoms in total. The quantitative estimate of drug-likeness (QED) is 0.479. The van der Waals surface area contributed by atoms with Crippen molar-refractivity contribution in [2.45, 2.75) is 52.7 Å². The number of hydrogen-bond donors (Lipinski definition) is 0. The Morgan fingerprint density at radius 3 is 2.58 bits per heavy atom. The number of benzene rings is 2. The minimum atomic E-state index is -0.192. The summed E-state index contributed by atoms with van der Waals surface area (Å²) >= 11 is 0. The average Bonchev–Trinajstić information content (AvgIpc) is 3.12. The molecule has 1 heterocycles. The van der Waals surface area contributed by atoms with Crippen LogP contribution in [0.2, 0.25) is 0 Å². The van der Waals surface area contributed by atoms with Gasteiger partial charge in [-0.1, -0.05) is 39.3 Å². The van der Waals surface area contributed by atoms with Crippen molar-refractivity contribution >= 4 is 17.0 Å². The van der Waals surface area contributed by atoms with Crippen LogP contribution in [0.25, 0.3) is 22.4 Å². The van der Waals surface area contributed by atoms with Crippen LogP contribution in [0.5, 0.6) is 5.75 Å². The Hall–Kier alpha value is -2.82. The van der Waals surface area contributed by atoms with Crippen LogP contribution in [-0.4, -0.2) is 28.7 Å². The first-order valence-electron chi connectivity index (χ1n) is 11.3. The molecule has 164 valence electrons. The minimum absolute atomic E-state index is 0.00419. The fourth-order valence-electron chi connectivity index (χ4n) is 4.78. The summed E-state index contributed by atoms with van der Waals surface area (Å²) in [4.78, 5) is 17.9. The van der Waals surface area contributed by atoms with Gasteiger partial charge in [-0.05, 0) is 67.0 Å². The van der Waals surface area contributed by atoms with Gasteiger partial charge in [0.05, 0.1) is 18.1 Å². The van der Waals surface area contributed by atoms with E-state index in [-0.39, 0.29) is 18.6 Å². The fourth-order valence-corrected chi connectivity index (χ4v) is 4.78. The molecule has 0 spiro atoms. The van der Waals surface area contributed by atoms with Crippen LogP contribution < -0.4 is 4.74 Å². The van der Waals surface area contributed by atoms with Gasteiger partial charge in [0.1, 0.15) is 24.2 Å². The van der Waals surface area contributed by atoms with E-state index in [0.717, 1.165) is 41.0 Å². The van der Waals surface area contributed by atoms with Crippen LogP contribution in [0.4, 0.5) is 0 Å². The Morgan fingerprint density at radius 1 is 1.13 bits per heavy atom. The van der Waals surface area contributed by atoms with Crippen molar-refractivity contribution in [1.82, 2.24) is 9.55 Å². The van der Waals surface area contributed by atoms with Crippen LogP contribution in [0.15, 0.2) is 48.5 Å². The second kappa shape index (κ2) is 9.13. The molecule has 1 aromatic heterocycles. The molecule has 1 fully saturated rings. The maximum Gasteiger partial charge on any atom is 0.326 e. The van der Waals surface area contributed by atoms with Gasteiger partial charge in [-0.3, -0.25) is 4.79 Å². The molecule has 0 amide bonds. The first kappa shape index (κ1) is 21.4. The molecule has 2 aromatic carbocycles. The number of carbonyl (C=O) groups is 1. The first-order valence-corrected chi connectivity index (χ1v) is 11.3. The SMILES string of the molecule is COc1ccc(-c2nc3ccccc3n2CC(=O)O[C@@H]2C[C@H](C)CCC2C(C)C)cc1. The molecule has 0 saturated heterocycles. The number of rotatable bonds is 6. The van der Waals surface area contributed by atoms with E-state index in [4.69, 9.17) is 14.5 Å². The van der Waals surface area contributed by atoms with Crippen LogP contribution in [0, 0.1) is 17.8 Å². The van der Waals surface area contributed by atoms with Gasteiger partial charge in [0.25, 0.3) is 0 Å². The summed E-state index contributed by atoms with van der Waals surface area (Å²) in [5.41, 5.74) is 2.74. The lowest BCUT2D eigenvalue weighted by atomic mass is 9.75. The number of ether oxygens (including phenoxy) is 2. The van der Waals surface area contributed by atoms with Gasteiger partial charge in [0.2, 0.25) is 0 Å². The van der Waals surface area contributed by atoms with Gasteiger partial charge >= 0.3 is 5.97 Å². The molecule has 1 aliphatic rings. The zero-order valence-electron chi connectivity index (χ0n) is 18.9. The molecule has 0 aliphatic heterocycles. The van der Waals surface area contributed by atoms with Crippen LogP contribution in [0.1, 0.15) is 40.0 Å². The summed E-state index contributed by atoms with van der Waals surface area (Å²) in [6.45, 7) is 6.86. The van der Waals surface area contributed by atoms with Crippen molar-refractivity contribution < 1.29 is 14.3 Å². The molecular weight excluding hydrogens is 388 g/mol. The molecule has 1 saturated carbocycles. The first-order chi connectivity index (χ1) is 15.0. The fraction of sp³-hybridized carbons (Fsp3) is 0.462. The van der Waals surface area contributed by atoms with Gasteiger partial charge in [-0.2, -0.15) is 0 Å². The summed E-state index contributed by atoms with van der Waals surface area (Å²) in [6, 6.07) is 15.7. The molecule has 4 rings (SSSR count). The van der Waals surface area contributed by atoms with Crippen molar-refractivity contribution in [3.63, 3.8) is 0 Å². The number of fused-ring (bicyclic) bond motifs is 1. The number of nitrogens with zero attached hydrogens (tertiary/aromatic N) is 2. The zero-order valence-corrected chi connectivity index (χ0v) is 18.9. The molecule has 5 heteroatoms. The standard InChI is InChI=1S/C26H32N2O3/c1-17(2)21-14-9-18(3)15-24(21)31-25(29)16-28-23-8-6-5-7-22(23)27-26(28)19-10-12-20(30-4)13-11-19/h5-8,10-13,17-18,21,24H,9,14-16H2,1-4H3/t18-,21?,24-/m1/s1. The lowest BCUT2D eigenvalue weighted by Crippen LogP contribution is -2.36. The highest BCUT2D eigenvalue weighted by Crippen LogP contribution is 2.35. The van der Waals surface area contributed by atoms with Crippen LogP contribution in [0.3, 0.4) is 0 Å². The molecule has 1 aliphatic carbocycles. The number of methoxy groups -OCH3 is 1. The third-order valence-corrected chi connectivity index (χ3v) is 6.53. The number of esters is 1. The highest BCUT2D eigenvalue weighted by Gasteiger charge is 2.33. The topological polar surface area (TPSA) is 53.4 Å². The Morgan fingerprint density at radius 2 is 1.87 bits per heavy atom. The monoisotopic (exact) mass is 420 g/mol. The minimum Gasteiger partial charge on any atom is -0.497 e. The molecule has 0 bridgehead atoms. The third kappa shape index (κ3) is 4.60. The van der Waals surface area contributed by atoms with Crippen LogP contribution in [-0.2, 0) is 16.1 Å². The van der Waals surface area contributed by atoms with Crippen molar-refractivity contribution in [3.8, 4) is 17.1 Å². The largest absolute Gasteiger partial charge is 0.497 e. The molecule has 0 radical (unpaired) electrons. The van der Waals surface area contributed by atoms with E-state index in [1.807, 2.05) is 53.1 Å². The number of aromatic nitrogens is 2. The van der Waals surface area contributed by atoms with Gasteiger partial charge in [-0.15, -0.1) is 0 Å². The van der Waals surface area contributed by atoms with E-state index in [2.05, 4.69) is 20.8 Å². The van der Waals surface area contributed by atoms with Crippen LogP contribution >= 0.6 is 0 Å². The maximum atomic E-state index is 13.1. The highest BCUT2D eigenvalue weighted by atomic mass is 16.5. The molecule has 1 unspecified atom stereocenters. The van der Waals surface area contributed by atoms with Gasteiger partial charge in [0.15, 0.2) is 0 Å². The third-order valence-electron chi connectivity index (χ3n) is 6.53. The maximum absolute atomic E-state index is 13.1. The Bertz CT molecular complexity index is 1040. The van der Waals surface area contributed by atoms with E-state index < -0.39 is 0 Å². The predicted octanol–water partition coefficient (Wildman–Crippen LogP) is 5.72. The molecule has 3 atom stereocenters. The Kier molecular flexibility index (Phi) is 6.30. The zero-order chi connectivity index (χ0) is 22.0. The van der Waals surface area contributed by atoms with E-state index in [0.29, 0.717) is 17.8 Å². The number of imidazole rings is 1. The second-order valence-electron chi connectivity index (χ2n) is 9.09. The van der Waals surface area contributed by atoms with Gasteiger partial charge in [-0.25, -0.2) is 4.98 Å². The van der Waals surface area contributed by atoms with E-state index >= 15 is 0 Å². The van der Waals surface area contributed by atoms with Gasteiger partial charge in [0, 0.05) is 5.56 Å². The Balaban J connectivity index is 1.61. The highest BCUT2D eigenvalue weighted by molar-refractivity contribution is 5.83. The lowest BCUT2D eigenvalue weighted by molar-refractivity contribution is -0.156. The summed E-state index contributed by atoms with van der Waals surface area (Å²) in [7, 11) is 1.65. The van der Waals surface area contributed by atoms with E-state index in [1.165, 1.54) is 6.42 Å². The predicted molar refractivity (Wildman–Crippen MR) is 123 cm³/mol. The van der Waals surface area contributed by atoms with Gasteiger partial charge < -0.3 is 14.0 Å². The molecule has 31 heavy (non-hydrogen) atoms. The smallest absolute Gasteiger partial charge is 0.326 e. The van der Waals surface area contributed by atoms with E-state index in [1.54, 1.807) is 7.11 Å². The Labute approximate surface area is 184 Å². The molecular formula is C26H32N2O3. The lowest BCUT2D eigenvalue weighted by Gasteiger charge is -2.36. The summed E-state index contributed by atoms with van der Waals surface area (Å²) < 4.78 is 13.3. The normalized spacial score (nSPS) is 21.4. The summed E-state index contributed by atoms with van der Waals surface area (Å²) in [6.07, 6.45) is 3.28. The summed E-state index contributed by atoms with van der Waals surface area (Å²) in [5, 5.41) is 0. The van der Waals surface area contributed by atoms with Crippen molar-refractivity contribution in [1.29, 1.82) is 0 Å². The van der Waals surface area contributed by atoms with Crippen molar-refractivity contribution in [2.75, 3.05) is 7.11 Å². The molecule has 0 N–H and O–H groups in total. The number of carbonyl (C=O) groups excluding carboxylic acids is 1. The number of hydrogen-bond acceptors (Lipinski definition) is 4. The second-order valence-corrected chi connectivity index (χ2v) is 9.09. The van der Waals surface area contributed by atoms with Crippen molar-refractivity contribution in [2.24, 2.45) is 17.8 Å².